The highest BCUT2D eigenvalue weighted by molar-refractivity contribution is 5.71. The quantitative estimate of drug-likeness (QED) is 0.566. The second-order valence-electron chi connectivity index (χ2n) is 5.22. The van der Waals surface area contributed by atoms with Gasteiger partial charge in [-0.1, -0.05) is 11.6 Å². The summed E-state index contributed by atoms with van der Waals surface area (Å²) < 4.78 is 26.4. The van der Waals surface area contributed by atoms with Crippen molar-refractivity contribution in [3.8, 4) is 0 Å². The molecule has 2 nitrogen and oxygen atoms in total. The fraction of sp³-hybridized carbons (Fsp3) is 0.625. The molecule has 1 atom stereocenters. The molecular formula is C16H22F2O2. The van der Waals surface area contributed by atoms with Crippen molar-refractivity contribution in [2.75, 3.05) is 0 Å². The summed E-state index contributed by atoms with van der Waals surface area (Å²) in [4.78, 5) is 11.0. The van der Waals surface area contributed by atoms with Crippen LogP contribution in [-0.4, -0.2) is 17.0 Å². The lowest BCUT2D eigenvalue weighted by atomic mass is 9.97. The van der Waals surface area contributed by atoms with Crippen molar-refractivity contribution in [2.24, 2.45) is 5.92 Å². The minimum absolute atomic E-state index is 0.0711. The monoisotopic (exact) mass is 284 g/mol. The summed E-state index contributed by atoms with van der Waals surface area (Å²) in [5.74, 6) is -3.95. The first kappa shape index (κ1) is 16.6. The van der Waals surface area contributed by atoms with Crippen LogP contribution in [0, 0.1) is 5.92 Å². The molecule has 0 unspecified atom stereocenters. The van der Waals surface area contributed by atoms with Crippen LogP contribution in [-0.2, 0) is 4.79 Å². The van der Waals surface area contributed by atoms with Crippen molar-refractivity contribution >= 4 is 5.97 Å². The number of rotatable bonds is 6. The van der Waals surface area contributed by atoms with Crippen molar-refractivity contribution in [3.05, 3.63) is 29.5 Å². The van der Waals surface area contributed by atoms with Crippen molar-refractivity contribution in [3.63, 3.8) is 0 Å². The van der Waals surface area contributed by atoms with Gasteiger partial charge < -0.3 is 5.11 Å². The Morgan fingerprint density at radius 3 is 2.95 bits per heavy atom. The molecule has 0 radical (unpaired) electrons. The number of allylic oxidation sites excluding steroid dienone is 2. The standard InChI is InChI=1S/C16H22F2O2/c1-2-3-8-14(15(19)20)9-4-6-13-7-5-11-16(17,18)12-10-13/h2,7-8,14H,4-6,9-12H2,1H3,(H,19,20)/t3?,14-/m0/s1. The Balaban J connectivity index is 2.41. The molecule has 20 heavy (non-hydrogen) atoms. The SMILES string of the molecule is CC=C=C[C@@H](CCCC1=CCCC(F)(F)CC1)C(=O)O. The Kier molecular flexibility index (Phi) is 6.66. The topological polar surface area (TPSA) is 37.3 Å². The molecule has 0 aromatic carbocycles. The molecule has 1 aliphatic rings. The highest BCUT2D eigenvalue weighted by atomic mass is 19.3. The van der Waals surface area contributed by atoms with E-state index < -0.39 is 17.8 Å². The third kappa shape index (κ3) is 6.16. The van der Waals surface area contributed by atoms with Gasteiger partial charge in [0.05, 0.1) is 5.92 Å². The van der Waals surface area contributed by atoms with Crippen molar-refractivity contribution in [1.82, 2.24) is 0 Å². The fourth-order valence-corrected chi connectivity index (χ4v) is 2.32. The first-order valence-corrected chi connectivity index (χ1v) is 7.10. The minimum atomic E-state index is -2.55. The van der Waals surface area contributed by atoms with Gasteiger partial charge in [-0.05, 0) is 51.2 Å². The molecule has 0 heterocycles. The van der Waals surface area contributed by atoms with Crippen LogP contribution in [0.25, 0.3) is 0 Å². The van der Waals surface area contributed by atoms with Gasteiger partial charge in [0, 0.05) is 12.8 Å². The first-order chi connectivity index (χ1) is 9.44. The molecule has 0 bridgehead atoms. The normalized spacial score (nSPS) is 19.2. The van der Waals surface area contributed by atoms with Crippen LogP contribution < -0.4 is 0 Å². The molecule has 112 valence electrons. The lowest BCUT2D eigenvalue weighted by molar-refractivity contribution is -0.140. The zero-order valence-corrected chi connectivity index (χ0v) is 11.9. The molecule has 4 heteroatoms. The van der Waals surface area contributed by atoms with Crippen molar-refractivity contribution in [1.29, 1.82) is 0 Å². The smallest absolute Gasteiger partial charge is 0.310 e. The van der Waals surface area contributed by atoms with Crippen LogP contribution in [0.1, 0.15) is 51.9 Å². The number of alkyl halides is 2. The van der Waals surface area contributed by atoms with Gasteiger partial charge in [0.2, 0.25) is 5.92 Å². The molecule has 0 spiro atoms. The van der Waals surface area contributed by atoms with Crippen LogP contribution in [0.4, 0.5) is 8.78 Å². The molecular weight excluding hydrogens is 262 g/mol. The average Bonchev–Trinajstić information content (AvgIpc) is 2.54. The van der Waals surface area contributed by atoms with Crippen LogP contribution in [0.2, 0.25) is 0 Å². The first-order valence-electron chi connectivity index (χ1n) is 7.10. The number of hydrogen-bond donors (Lipinski definition) is 1. The van der Waals surface area contributed by atoms with E-state index in [1.807, 2.05) is 6.08 Å². The second-order valence-corrected chi connectivity index (χ2v) is 5.22. The molecule has 0 saturated carbocycles. The third-order valence-electron chi connectivity index (χ3n) is 3.55. The van der Waals surface area contributed by atoms with E-state index >= 15 is 0 Å². The summed E-state index contributed by atoms with van der Waals surface area (Å²) in [6.45, 7) is 1.78. The number of carbonyl (C=O) groups is 1. The van der Waals surface area contributed by atoms with E-state index in [1.54, 1.807) is 19.1 Å². The van der Waals surface area contributed by atoms with Crippen LogP contribution in [0.15, 0.2) is 29.5 Å². The number of hydrogen-bond acceptors (Lipinski definition) is 1. The van der Waals surface area contributed by atoms with Gasteiger partial charge in [-0.25, -0.2) is 8.78 Å². The Labute approximate surface area is 118 Å². The van der Waals surface area contributed by atoms with E-state index in [4.69, 9.17) is 5.11 Å². The molecule has 1 aliphatic carbocycles. The summed E-state index contributed by atoms with van der Waals surface area (Å²) in [5.41, 5.74) is 3.84. The molecule has 0 aliphatic heterocycles. The van der Waals surface area contributed by atoms with E-state index in [0.29, 0.717) is 32.1 Å². The van der Waals surface area contributed by atoms with Gasteiger partial charge in [-0.3, -0.25) is 4.79 Å². The van der Waals surface area contributed by atoms with Gasteiger partial charge in [-0.15, -0.1) is 5.73 Å². The van der Waals surface area contributed by atoms with E-state index in [0.717, 1.165) is 5.57 Å². The summed E-state index contributed by atoms with van der Waals surface area (Å²) in [7, 11) is 0. The maximum Gasteiger partial charge on any atom is 0.310 e. The lowest BCUT2D eigenvalue weighted by Crippen LogP contribution is -2.13. The highest BCUT2D eigenvalue weighted by Crippen LogP contribution is 2.33. The fourth-order valence-electron chi connectivity index (χ4n) is 2.32. The Hall–Kier alpha value is -1.41. The molecule has 1 N–H and O–H groups in total. The van der Waals surface area contributed by atoms with Crippen LogP contribution in [0.3, 0.4) is 0 Å². The van der Waals surface area contributed by atoms with E-state index in [2.05, 4.69) is 5.73 Å². The van der Waals surface area contributed by atoms with Gasteiger partial charge in [0.25, 0.3) is 0 Å². The number of carboxylic acid groups (broad SMARTS) is 1. The summed E-state index contributed by atoms with van der Waals surface area (Å²) in [6.07, 6.45) is 7.75. The molecule has 1 rings (SSSR count). The Bertz CT molecular complexity index is 418. The van der Waals surface area contributed by atoms with E-state index in [9.17, 15) is 13.6 Å². The molecule has 0 saturated heterocycles. The van der Waals surface area contributed by atoms with Gasteiger partial charge >= 0.3 is 5.97 Å². The Morgan fingerprint density at radius 2 is 2.30 bits per heavy atom. The predicted octanol–water partition coefficient (Wildman–Crippen LogP) is 4.72. The number of aliphatic carboxylic acids is 1. The van der Waals surface area contributed by atoms with Gasteiger partial charge in [0.1, 0.15) is 0 Å². The third-order valence-corrected chi connectivity index (χ3v) is 3.55. The lowest BCUT2D eigenvalue weighted by Gasteiger charge is -2.12. The van der Waals surface area contributed by atoms with E-state index in [-0.39, 0.29) is 12.8 Å². The number of carboxylic acids is 1. The molecule has 0 aromatic heterocycles. The number of halogens is 2. The van der Waals surface area contributed by atoms with E-state index in [1.165, 1.54) is 0 Å². The summed E-state index contributed by atoms with van der Waals surface area (Å²) in [6, 6.07) is 0. The molecule has 0 fully saturated rings. The Morgan fingerprint density at radius 1 is 1.55 bits per heavy atom. The average molecular weight is 284 g/mol. The van der Waals surface area contributed by atoms with Crippen molar-refractivity contribution < 1.29 is 18.7 Å². The minimum Gasteiger partial charge on any atom is -0.481 e. The predicted molar refractivity (Wildman–Crippen MR) is 74.8 cm³/mol. The maximum atomic E-state index is 13.2. The second kappa shape index (κ2) is 8.01. The summed E-state index contributed by atoms with van der Waals surface area (Å²) in [5, 5.41) is 9.05. The van der Waals surface area contributed by atoms with Gasteiger partial charge in [0.15, 0.2) is 0 Å². The zero-order valence-electron chi connectivity index (χ0n) is 11.9. The zero-order chi connectivity index (χ0) is 15.0. The van der Waals surface area contributed by atoms with Crippen molar-refractivity contribution in [2.45, 2.75) is 57.8 Å². The largest absolute Gasteiger partial charge is 0.481 e. The molecule has 0 amide bonds. The highest BCUT2D eigenvalue weighted by Gasteiger charge is 2.29. The maximum absolute atomic E-state index is 13.2. The van der Waals surface area contributed by atoms with Crippen LogP contribution >= 0.6 is 0 Å². The van der Waals surface area contributed by atoms with Crippen LogP contribution in [0.5, 0.6) is 0 Å². The summed E-state index contributed by atoms with van der Waals surface area (Å²) >= 11 is 0. The van der Waals surface area contributed by atoms with Gasteiger partial charge in [-0.2, -0.15) is 0 Å². The molecule has 0 aromatic rings.